The third-order valence-corrected chi connectivity index (χ3v) is 11.3. The van der Waals surface area contributed by atoms with E-state index in [-0.39, 0.29) is 22.4 Å². The maximum absolute atomic E-state index is 12.8. The number of aromatic nitrogens is 4. The van der Waals surface area contributed by atoms with E-state index in [9.17, 15) is 9.59 Å². The third kappa shape index (κ3) is 10.8. The Kier molecular flexibility index (Phi) is 13.7. The van der Waals surface area contributed by atoms with E-state index in [1.807, 2.05) is 109 Å². The van der Waals surface area contributed by atoms with Crippen molar-refractivity contribution in [2.45, 2.75) is 88.6 Å². The number of carbonyl (C=O) groups is 2. The van der Waals surface area contributed by atoms with Gasteiger partial charge in [0.2, 0.25) is 0 Å². The molecule has 5 heterocycles. The van der Waals surface area contributed by atoms with Gasteiger partial charge in [0.1, 0.15) is 11.5 Å². The third-order valence-electron chi connectivity index (χ3n) is 10.2. The number of rotatable bonds is 16. The SMILES string of the molecule is CCCCC(S)CCC(=O)Oc1ccc(-c2c(-c3ccc(OC(=O)CCC(S)CCCC)cc3)c3cc4nc(cc5ccc(cc6nc(cc2[nH]3)C=C6)[nH]5)C=C4)cc1. The van der Waals surface area contributed by atoms with Crippen LogP contribution in [-0.2, 0) is 9.59 Å². The molecule has 2 aliphatic rings. The van der Waals surface area contributed by atoms with Gasteiger partial charge < -0.3 is 19.4 Å². The lowest BCUT2D eigenvalue weighted by Gasteiger charge is -2.11. The summed E-state index contributed by atoms with van der Waals surface area (Å²) < 4.78 is 11.5. The number of hydrogen-bond acceptors (Lipinski definition) is 8. The number of thiol groups is 2. The molecule has 298 valence electrons. The van der Waals surface area contributed by atoms with Crippen LogP contribution in [0.3, 0.4) is 0 Å². The van der Waals surface area contributed by atoms with Gasteiger partial charge in [0.05, 0.1) is 22.8 Å². The normalized spacial score (nSPS) is 13.0. The molecule has 10 heteroatoms. The van der Waals surface area contributed by atoms with Crippen molar-refractivity contribution in [1.29, 1.82) is 0 Å². The van der Waals surface area contributed by atoms with E-state index in [2.05, 4.69) is 49.1 Å². The molecule has 0 fully saturated rings. The van der Waals surface area contributed by atoms with Crippen LogP contribution in [0, 0.1) is 0 Å². The maximum Gasteiger partial charge on any atom is 0.311 e. The zero-order valence-corrected chi connectivity index (χ0v) is 34.8. The minimum absolute atomic E-state index is 0.178. The molecule has 0 amide bonds. The summed E-state index contributed by atoms with van der Waals surface area (Å²) in [5.74, 6) is 0.419. The molecule has 3 aromatic heterocycles. The number of ether oxygens (including phenoxy) is 2. The monoisotopic (exact) mass is 810 g/mol. The summed E-state index contributed by atoms with van der Waals surface area (Å²) in [6, 6.07) is 27.4. The van der Waals surface area contributed by atoms with Gasteiger partial charge in [0.15, 0.2) is 0 Å². The van der Waals surface area contributed by atoms with Crippen LogP contribution in [0.15, 0.2) is 84.9 Å². The molecule has 0 radical (unpaired) electrons. The van der Waals surface area contributed by atoms with Gasteiger partial charge in [-0.2, -0.15) is 25.3 Å². The Balaban J connectivity index is 1.29. The smallest absolute Gasteiger partial charge is 0.311 e. The van der Waals surface area contributed by atoms with Crippen molar-refractivity contribution in [3.05, 3.63) is 108 Å². The van der Waals surface area contributed by atoms with Gasteiger partial charge in [-0.15, -0.1) is 0 Å². The molecule has 0 spiro atoms. The van der Waals surface area contributed by atoms with Gasteiger partial charge in [0.25, 0.3) is 0 Å². The number of unbranched alkanes of at least 4 members (excludes halogenated alkanes) is 2. The van der Waals surface area contributed by atoms with Crippen molar-refractivity contribution in [1.82, 2.24) is 19.9 Å². The Morgan fingerprint density at radius 1 is 0.552 bits per heavy atom. The average molecular weight is 811 g/mol. The van der Waals surface area contributed by atoms with Crippen LogP contribution < -0.4 is 9.47 Å². The first-order valence-electron chi connectivity index (χ1n) is 20.3. The fourth-order valence-corrected chi connectivity index (χ4v) is 7.78. The van der Waals surface area contributed by atoms with Crippen molar-refractivity contribution in [2.24, 2.45) is 0 Å². The van der Waals surface area contributed by atoms with E-state index in [1.165, 1.54) is 0 Å². The number of aromatic amines is 2. The zero-order chi connectivity index (χ0) is 40.4. The topological polar surface area (TPSA) is 110 Å². The van der Waals surface area contributed by atoms with E-state index >= 15 is 0 Å². The minimum atomic E-state index is -0.271. The highest BCUT2D eigenvalue weighted by atomic mass is 32.1. The Bertz CT molecular complexity index is 2300. The Morgan fingerprint density at radius 2 is 0.948 bits per heavy atom. The predicted molar refractivity (Wildman–Crippen MR) is 244 cm³/mol. The first-order chi connectivity index (χ1) is 28.2. The van der Waals surface area contributed by atoms with E-state index in [4.69, 9.17) is 19.4 Å². The van der Waals surface area contributed by atoms with Gasteiger partial charge >= 0.3 is 11.9 Å². The number of nitrogens with zero attached hydrogens (tertiary/aromatic N) is 2. The second-order valence-electron chi connectivity index (χ2n) is 14.9. The fourth-order valence-electron chi connectivity index (χ4n) is 7.16. The molecule has 2 aromatic carbocycles. The highest BCUT2D eigenvalue weighted by molar-refractivity contribution is 7.81. The lowest BCUT2D eigenvalue weighted by Crippen LogP contribution is -2.11. The van der Waals surface area contributed by atoms with Crippen LogP contribution in [0.25, 0.3) is 68.6 Å². The Morgan fingerprint density at radius 3 is 1.34 bits per heavy atom. The number of H-pyrrole nitrogens is 2. The van der Waals surface area contributed by atoms with Gasteiger partial charge in [-0.05, 0) is 122 Å². The van der Waals surface area contributed by atoms with Gasteiger partial charge in [-0.1, -0.05) is 63.8 Å². The van der Waals surface area contributed by atoms with Gasteiger partial charge in [-0.25, -0.2) is 9.97 Å². The largest absolute Gasteiger partial charge is 0.427 e. The second-order valence-corrected chi connectivity index (χ2v) is 16.4. The molecule has 8 bridgehead atoms. The van der Waals surface area contributed by atoms with Crippen molar-refractivity contribution in [2.75, 3.05) is 0 Å². The van der Waals surface area contributed by atoms with E-state index < -0.39 is 0 Å². The maximum atomic E-state index is 12.8. The molecule has 7 rings (SSSR count). The van der Waals surface area contributed by atoms with E-state index in [0.29, 0.717) is 37.2 Å². The van der Waals surface area contributed by atoms with Crippen molar-refractivity contribution in [3.63, 3.8) is 0 Å². The van der Waals surface area contributed by atoms with Crippen molar-refractivity contribution in [3.8, 4) is 33.8 Å². The molecular formula is C48H50N4O4S2. The predicted octanol–water partition coefficient (Wildman–Crippen LogP) is 12.3. The summed E-state index contributed by atoms with van der Waals surface area (Å²) in [6.07, 6.45) is 16.4. The highest BCUT2D eigenvalue weighted by Gasteiger charge is 2.19. The quantitative estimate of drug-likeness (QED) is 0.0440. The van der Waals surface area contributed by atoms with Crippen LogP contribution in [0.2, 0.25) is 0 Å². The first-order valence-corrected chi connectivity index (χ1v) is 21.4. The lowest BCUT2D eigenvalue weighted by molar-refractivity contribution is -0.135. The standard InChI is InChI=1S/C48H50N4O4S2/c1-3-5-7-41(57)23-25-45(53)55-39-19-9-31(10-20-39)47-43-29-37-17-15-35(50-37)27-33-13-14-34(49-33)28-36-16-18-38(51-36)30-44(52-43)48(47)32-11-21-40(22-12-32)56-46(54)26-24-42(58)8-6-4-2/h9-22,27-30,41-42,49,52,57-58H,3-8,23-26H2,1-2H3. The molecule has 2 atom stereocenters. The lowest BCUT2D eigenvalue weighted by atomic mass is 9.96. The van der Waals surface area contributed by atoms with E-state index in [0.717, 1.165) is 106 Å². The number of carbonyl (C=O) groups excluding carboxylic acids is 2. The Hall–Kier alpha value is -5.32. The summed E-state index contributed by atoms with van der Waals surface area (Å²) in [4.78, 5) is 42.6. The Labute approximate surface area is 351 Å². The molecule has 2 aliphatic heterocycles. The van der Waals surface area contributed by atoms with Crippen LogP contribution in [0.1, 0.15) is 101 Å². The minimum Gasteiger partial charge on any atom is -0.427 e. The number of esters is 2. The van der Waals surface area contributed by atoms with Crippen LogP contribution >= 0.6 is 25.3 Å². The number of nitrogens with one attached hydrogen (secondary N) is 2. The van der Waals surface area contributed by atoms with Crippen LogP contribution in [-0.4, -0.2) is 42.4 Å². The molecule has 2 unspecified atom stereocenters. The number of fused-ring (bicyclic) bond motifs is 8. The molecule has 0 saturated heterocycles. The fraction of sp³-hybridized carbons (Fsp3) is 0.292. The van der Waals surface area contributed by atoms with Gasteiger partial charge in [-0.3, -0.25) is 9.59 Å². The summed E-state index contributed by atoms with van der Waals surface area (Å²) in [7, 11) is 0. The average Bonchev–Trinajstić information content (AvgIpc) is 4.04. The number of hydrogen-bond donors (Lipinski definition) is 4. The van der Waals surface area contributed by atoms with Gasteiger partial charge in [0, 0.05) is 56.5 Å². The summed E-state index contributed by atoms with van der Waals surface area (Å²) in [6.45, 7) is 4.31. The van der Waals surface area contributed by atoms with Crippen LogP contribution in [0.5, 0.6) is 11.5 Å². The summed E-state index contributed by atoms with van der Waals surface area (Å²) in [5.41, 5.74) is 10.5. The van der Waals surface area contributed by atoms with Crippen LogP contribution in [0.4, 0.5) is 0 Å². The number of benzene rings is 2. The molecular weight excluding hydrogens is 761 g/mol. The molecule has 8 nitrogen and oxygen atoms in total. The molecule has 0 aliphatic carbocycles. The first kappa shape index (κ1) is 40.9. The molecule has 58 heavy (non-hydrogen) atoms. The highest BCUT2D eigenvalue weighted by Crippen LogP contribution is 2.41. The second kappa shape index (κ2) is 19.4. The zero-order valence-electron chi connectivity index (χ0n) is 33.0. The molecule has 5 aromatic rings. The molecule has 0 saturated carbocycles. The van der Waals surface area contributed by atoms with Crippen molar-refractivity contribution >= 4 is 83.6 Å². The van der Waals surface area contributed by atoms with Crippen molar-refractivity contribution < 1.29 is 19.1 Å². The summed E-state index contributed by atoms with van der Waals surface area (Å²) >= 11 is 9.30. The van der Waals surface area contributed by atoms with E-state index in [1.54, 1.807) is 0 Å². The summed E-state index contributed by atoms with van der Waals surface area (Å²) in [5, 5.41) is 0.357. The molecule has 2 N–H and O–H groups in total.